The molecule has 1 aromatic rings. The first kappa shape index (κ1) is 12.7. The topological polar surface area (TPSA) is 12.4 Å². The molecule has 16 heavy (non-hydrogen) atoms. The van der Waals surface area contributed by atoms with Crippen LogP contribution in [0.1, 0.15) is 45.1 Å². The first-order valence-corrected chi connectivity index (χ1v) is 6.14. The highest BCUT2D eigenvalue weighted by molar-refractivity contribution is 5.62. The summed E-state index contributed by atoms with van der Waals surface area (Å²) in [6.07, 6.45) is 4.65. The van der Waals surface area contributed by atoms with Gasteiger partial charge in [-0.3, -0.25) is 0 Å². The molecule has 0 aromatic heterocycles. The van der Waals surface area contributed by atoms with Gasteiger partial charge in [0.15, 0.2) is 0 Å². The second-order valence-electron chi connectivity index (χ2n) is 4.12. The molecule has 0 atom stereocenters. The second-order valence-corrected chi connectivity index (χ2v) is 4.12. The summed E-state index contributed by atoms with van der Waals surface area (Å²) in [6, 6.07) is 8.24. The lowest BCUT2D eigenvalue weighted by molar-refractivity contribution is 0.773. The lowest BCUT2D eigenvalue weighted by Gasteiger charge is -1.98. The maximum atomic E-state index is 4.38. The monoisotopic (exact) mass is 215 g/mol. The Morgan fingerprint density at radius 2 is 1.88 bits per heavy atom. The zero-order chi connectivity index (χ0) is 11.8. The van der Waals surface area contributed by atoms with E-state index in [-0.39, 0.29) is 0 Å². The summed E-state index contributed by atoms with van der Waals surface area (Å²) < 4.78 is 0. The number of hydrogen-bond donors (Lipinski definition) is 0. The number of nitrogens with zero attached hydrogens (tertiary/aromatic N) is 1. The van der Waals surface area contributed by atoms with Crippen molar-refractivity contribution in [2.45, 2.75) is 46.5 Å². The van der Waals surface area contributed by atoms with Crippen LogP contribution in [-0.4, -0.2) is 5.87 Å². The number of unbranched alkanes of at least 4 members (excludes halogenated alkanes) is 1. The summed E-state index contributed by atoms with van der Waals surface area (Å²) in [5.41, 5.74) is 3.58. The van der Waals surface area contributed by atoms with Crippen molar-refractivity contribution in [3.8, 4) is 0 Å². The lowest BCUT2D eigenvalue weighted by Crippen LogP contribution is -1.82. The van der Waals surface area contributed by atoms with Crippen LogP contribution in [0.25, 0.3) is 0 Å². The van der Waals surface area contributed by atoms with E-state index in [1.54, 1.807) is 0 Å². The van der Waals surface area contributed by atoms with Gasteiger partial charge in [-0.25, -0.2) is 4.99 Å². The Morgan fingerprint density at radius 1 is 1.19 bits per heavy atom. The number of hydrogen-bond acceptors (Lipinski definition) is 1. The number of aryl methyl sites for hydroxylation is 1. The first-order valence-electron chi connectivity index (χ1n) is 6.14. The number of rotatable bonds is 5. The van der Waals surface area contributed by atoms with Crippen LogP contribution in [-0.2, 0) is 0 Å². The molecule has 0 N–H and O–H groups in total. The predicted molar refractivity (Wildman–Crippen MR) is 71.6 cm³/mol. The minimum absolute atomic E-state index is 0.994. The standard InChI is InChI=1S/C15H21N/c1-4-6-7-14(5-2)12-16-15-10-8-13(3)9-11-15/h8-11H,4-7H2,1-3H3. The molecule has 0 fully saturated rings. The van der Waals surface area contributed by atoms with Gasteiger partial charge in [-0.1, -0.05) is 38.0 Å². The maximum absolute atomic E-state index is 4.38. The Bertz CT molecular complexity index is 367. The van der Waals surface area contributed by atoms with E-state index in [1.807, 2.05) is 12.1 Å². The van der Waals surface area contributed by atoms with Crippen molar-refractivity contribution in [2.75, 3.05) is 0 Å². The Balaban J connectivity index is 2.74. The Kier molecular flexibility index (Phi) is 5.60. The van der Waals surface area contributed by atoms with Crippen molar-refractivity contribution in [2.24, 2.45) is 4.99 Å². The summed E-state index contributed by atoms with van der Waals surface area (Å²) in [5, 5.41) is 0. The van der Waals surface area contributed by atoms with Gasteiger partial charge in [0.05, 0.1) is 5.69 Å². The number of allylic oxidation sites excluding steroid dienone is 1. The fourth-order valence-corrected chi connectivity index (χ4v) is 1.46. The molecule has 0 aliphatic rings. The highest BCUT2D eigenvalue weighted by Crippen LogP contribution is 2.13. The minimum atomic E-state index is 0.994. The highest BCUT2D eigenvalue weighted by Gasteiger charge is 1.92. The SMILES string of the molecule is CCCCC(=C=Nc1ccc(C)cc1)CC. The van der Waals surface area contributed by atoms with Crippen LogP contribution in [0.4, 0.5) is 5.69 Å². The Morgan fingerprint density at radius 3 is 2.44 bits per heavy atom. The van der Waals surface area contributed by atoms with E-state index in [0.717, 1.165) is 18.5 Å². The van der Waals surface area contributed by atoms with Crippen LogP contribution in [0.5, 0.6) is 0 Å². The van der Waals surface area contributed by atoms with E-state index < -0.39 is 0 Å². The molecule has 1 aromatic carbocycles. The van der Waals surface area contributed by atoms with Gasteiger partial charge in [0.2, 0.25) is 0 Å². The van der Waals surface area contributed by atoms with E-state index >= 15 is 0 Å². The number of aliphatic imine (C=N–C) groups is 1. The maximum Gasteiger partial charge on any atom is 0.0729 e. The number of benzene rings is 1. The second kappa shape index (κ2) is 7.03. The molecule has 0 bridgehead atoms. The molecule has 1 rings (SSSR count). The minimum Gasteiger partial charge on any atom is -0.206 e. The van der Waals surface area contributed by atoms with Crippen LogP contribution in [0.3, 0.4) is 0 Å². The normalized spacial score (nSPS) is 9.69. The van der Waals surface area contributed by atoms with Crippen LogP contribution < -0.4 is 0 Å². The molecule has 86 valence electrons. The molecule has 1 nitrogen and oxygen atoms in total. The summed E-state index contributed by atoms with van der Waals surface area (Å²) >= 11 is 0. The predicted octanol–water partition coefficient (Wildman–Crippen LogP) is 4.82. The van der Waals surface area contributed by atoms with Gasteiger partial charge in [-0.15, -0.1) is 0 Å². The summed E-state index contributed by atoms with van der Waals surface area (Å²) in [7, 11) is 0. The van der Waals surface area contributed by atoms with Gasteiger partial charge in [0.25, 0.3) is 0 Å². The van der Waals surface area contributed by atoms with Crippen LogP contribution >= 0.6 is 0 Å². The Labute approximate surface area is 98.9 Å². The van der Waals surface area contributed by atoms with Crippen molar-refractivity contribution in [1.29, 1.82) is 0 Å². The largest absolute Gasteiger partial charge is 0.206 e. The van der Waals surface area contributed by atoms with Gasteiger partial charge in [0, 0.05) is 0 Å². The molecule has 0 aliphatic carbocycles. The molecule has 0 saturated carbocycles. The van der Waals surface area contributed by atoms with Crippen molar-refractivity contribution in [3.05, 3.63) is 35.4 Å². The van der Waals surface area contributed by atoms with Gasteiger partial charge in [0.1, 0.15) is 0 Å². The van der Waals surface area contributed by atoms with Crippen LogP contribution in [0, 0.1) is 6.92 Å². The summed E-state index contributed by atoms with van der Waals surface area (Å²) in [5.74, 6) is 3.18. The molecule has 0 spiro atoms. The average molecular weight is 215 g/mol. The molecule has 0 radical (unpaired) electrons. The first-order chi connectivity index (χ1) is 7.76. The van der Waals surface area contributed by atoms with E-state index in [0.29, 0.717) is 0 Å². The molecule has 0 aliphatic heterocycles. The van der Waals surface area contributed by atoms with E-state index in [9.17, 15) is 0 Å². The molecule has 0 unspecified atom stereocenters. The third-order valence-corrected chi connectivity index (χ3v) is 2.64. The zero-order valence-corrected chi connectivity index (χ0v) is 10.6. The molecule has 1 heteroatoms. The van der Waals surface area contributed by atoms with Gasteiger partial charge < -0.3 is 0 Å². The zero-order valence-electron chi connectivity index (χ0n) is 10.6. The third-order valence-electron chi connectivity index (χ3n) is 2.64. The van der Waals surface area contributed by atoms with E-state index in [4.69, 9.17) is 0 Å². The van der Waals surface area contributed by atoms with Crippen molar-refractivity contribution >= 4 is 11.6 Å². The highest BCUT2D eigenvalue weighted by atomic mass is 14.7. The molecule has 0 amide bonds. The van der Waals surface area contributed by atoms with E-state index in [1.165, 1.54) is 24.0 Å². The Hall–Kier alpha value is -1.33. The van der Waals surface area contributed by atoms with Crippen molar-refractivity contribution < 1.29 is 0 Å². The summed E-state index contributed by atoms with van der Waals surface area (Å²) in [6.45, 7) is 6.47. The van der Waals surface area contributed by atoms with Crippen LogP contribution in [0.2, 0.25) is 0 Å². The molecule has 0 heterocycles. The molecular weight excluding hydrogens is 194 g/mol. The smallest absolute Gasteiger partial charge is 0.0729 e. The molecular formula is C15H21N. The van der Waals surface area contributed by atoms with Gasteiger partial charge in [-0.05, 0) is 49.8 Å². The van der Waals surface area contributed by atoms with Gasteiger partial charge in [-0.2, -0.15) is 0 Å². The summed E-state index contributed by atoms with van der Waals surface area (Å²) in [4.78, 5) is 4.38. The fraction of sp³-hybridized carbons (Fsp3) is 0.467. The van der Waals surface area contributed by atoms with Crippen molar-refractivity contribution in [3.63, 3.8) is 0 Å². The van der Waals surface area contributed by atoms with Crippen molar-refractivity contribution in [1.82, 2.24) is 0 Å². The van der Waals surface area contributed by atoms with E-state index in [2.05, 4.69) is 43.8 Å². The quantitative estimate of drug-likeness (QED) is 0.624. The lowest BCUT2D eigenvalue weighted by atomic mass is 10.1. The average Bonchev–Trinajstić information content (AvgIpc) is 2.32. The third kappa shape index (κ3) is 4.46. The fourth-order valence-electron chi connectivity index (χ4n) is 1.46. The van der Waals surface area contributed by atoms with Crippen LogP contribution in [0.15, 0.2) is 34.8 Å². The molecule has 0 saturated heterocycles. The van der Waals surface area contributed by atoms with Gasteiger partial charge >= 0.3 is 0 Å².